The van der Waals surface area contributed by atoms with E-state index in [1.54, 1.807) is 4.90 Å². The van der Waals surface area contributed by atoms with Gasteiger partial charge in [0, 0.05) is 24.7 Å². The number of rotatable bonds is 7. The number of nitrogens with two attached hydrogens (primary N) is 1. The number of benzene rings is 1. The highest BCUT2D eigenvalue weighted by atomic mass is 16.6. The zero-order chi connectivity index (χ0) is 14.4. The summed E-state index contributed by atoms with van der Waals surface area (Å²) < 4.78 is 0. The number of carbonyl (C=O) groups is 1. The van der Waals surface area contributed by atoms with E-state index in [0.29, 0.717) is 12.2 Å². The number of nitrogens with zero attached hydrogens (tertiary/aromatic N) is 2. The van der Waals surface area contributed by atoms with E-state index in [4.69, 9.17) is 10.8 Å². The first kappa shape index (κ1) is 14.9. The number of hydrogen-bond donors (Lipinski definition) is 2. The van der Waals surface area contributed by atoms with Crippen LogP contribution in [0.2, 0.25) is 0 Å². The Morgan fingerprint density at radius 2 is 2.16 bits per heavy atom. The van der Waals surface area contributed by atoms with Gasteiger partial charge in [-0.15, -0.1) is 0 Å². The van der Waals surface area contributed by atoms with Gasteiger partial charge in [-0.3, -0.25) is 14.9 Å². The van der Waals surface area contributed by atoms with Crippen molar-refractivity contribution in [1.82, 2.24) is 0 Å². The number of aliphatic hydroxyl groups excluding tert-OH is 1. The molecule has 3 N–H and O–H groups in total. The lowest BCUT2D eigenvalue weighted by atomic mass is 10.1. The average Bonchev–Trinajstić information content (AvgIpc) is 2.37. The summed E-state index contributed by atoms with van der Waals surface area (Å²) in [5.41, 5.74) is 5.59. The monoisotopic (exact) mass is 267 g/mol. The molecule has 0 fully saturated rings. The van der Waals surface area contributed by atoms with Gasteiger partial charge in [0.1, 0.15) is 5.69 Å². The molecule has 0 radical (unpaired) electrons. The summed E-state index contributed by atoms with van der Waals surface area (Å²) in [6.07, 6.45) is 0.762. The fourth-order valence-electron chi connectivity index (χ4n) is 1.83. The molecule has 0 atom stereocenters. The van der Waals surface area contributed by atoms with E-state index in [0.717, 1.165) is 6.42 Å². The number of nitro benzene ring substituents is 1. The van der Waals surface area contributed by atoms with E-state index in [2.05, 4.69) is 0 Å². The molecule has 7 heteroatoms. The molecular formula is C12H17N3O4. The minimum atomic E-state index is -0.642. The van der Waals surface area contributed by atoms with Gasteiger partial charge < -0.3 is 15.7 Å². The standard InChI is InChI=1S/C12H17N3O4/c1-2-5-14(6-7-16)11-8-9(12(13)17)3-4-10(11)15(18)19/h3-4,8,16H,2,5-7H2,1H3,(H2,13,17). The van der Waals surface area contributed by atoms with E-state index in [9.17, 15) is 14.9 Å². The van der Waals surface area contributed by atoms with Gasteiger partial charge in [-0.2, -0.15) is 0 Å². The van der Waals surface area contributed by atoms with Gasteiger partial charge in [-0.25, -0.2) is 0 Å². The van der Waals surface area contributed by atoms with Crippen molar-refractivity contribution in [2.45, 2.75) is 13.3 Å². The summed E-state index contributed by atoms with van der Waals surface area (Å²) in [6, 6.07) is 3.98. The quantitative estimate of drug-likeness (QED) is 0.563. The number of primary amides is 1. The second kappa shape index (κ2) is 6.69. The first-order valence-corrected chi connectivity index (χ1v) is 5.95. The molecule has 104 valence electrons. The third-order valence-electron chi connectivity index (χ3n) is 2.66. The minimum Gasteiger partial charge on any atom is -0.395 e. The Kier molecular flexibility index (Phi) is 5.25. The lowest BCUT2D eigenvalue weighted by Gasteiger charge is -2.23. The van der Waals surface area contributed by atoms with Crippen LogP contribution in [-0.4, -0.2) is 35.6 Å². The molecule has 7 nitrogen and oxygen atoms in total. The topological polar surface area (TPSA) is 110 Å². The molecular weight excluding hydrogens is 250 g/mol. The highest BCUT2D eigenvalue weighted by Gasteiger charge is 2.20. The molecule has 0 saturated heterocycles. The Balaban J connectivity index is 3.28. The van der Waals surface area contributed by atoms with Crippen molar-refractivity contribution < 1.29 is 14.8 Å². The van der Waals surface area contributed by atoms with Crippen molar-refractivity contribution in [3.63, 3.8) is 0 Å². The van der Waals surface area contributed by atoms with Gasteiger partial charge in [0.25, 0.3) is 5.69 Å². The van der Waals surface area contributed by atoms with Crippen molar-refractivity contribution in [3.8, 4) is 0 Å². The molecule has 0 aliphatic heterocycles. The lowest BCUT2D eigenvalue weighted by molar-refractivity contribution is -0.384. The Labute approximate surface area is 110 Å². The van der Waals surface area contributed by atoms with Crippen LogP contribution in [0.1, 0.15) is 23.7 Å². The number of carbonyl (C=O) groups excluding carboxylic acids is 1. The summed E-state index contributed by atoms with van der Waals surface area (Å²) in [5.74, 6) is -0.642. The molecule has 0 aromatic heterocycles. The summed E-state index contributed by atoms with van der Waals surface area (Å²) in [5, 5.41) is 20.0. The molecule has 0 aliphatic carbocycles. The molecule has 19 heavy (non-hydrogen) atoms. The van der Waals surface area contributed by atoms with E-state index >= 15 is 0 Å². The first-order valence-electron chi connectivity index (χ1n) is 5.95. The molecule has 1 amide bonds. The summed E-state index contributed by atoms with van der Waals surface area (Å²) >= 11 is 0. The molecule has 0 heterocycles. The smallest absolute Gasteiger partial charge is 0.292 e. The summed E-state index contributed by atoms with van der Waals surface area (Å²) in [7, 11) is 0. The number of nitro groups is 1. The van der Waals surface area contributed by atoms with Crippen molar-refractivity contribution >= 4 is 17.3 Å². The number of hydrogen-bond acceptors (Lipinski definition) is 5. The maximum Gasteiger partial charge on any atom is 0.292 e. The zero-order valence-corrected chi connectivity index (χ0v) is 10.7. The number of amides is 1. The van der Waals surface area contributed by atoms with Gasteiger partial charge in [-0.1, -0.05) is 6.92 Å². The minimum absolute atomic E-state index is 0.105. The van der Waals surface area contributed by atoms with E-state index < -0.39 is 10.8 Å². The third-order valence-corrected chi connectivity index (χ3v) is 2.66. The van der Waals surface area contributed by atoms with Gasteiger partial charge in [0.15, 0.2) is 0 Å². The van der Waals surface area contributed by atoms with Crippen molar-refractivity contribution in [1.29, 1.82) is 0 Å². The van der Waals surface area contributed by atoms with Crippen molar-refractivity contribution in [2.24, 2.45) is 5.73 Å². The SMILES string of the molecule is CCCN(CCO)c1cc(C(N)=O)ccc1[N+](=O)[O-]. The largest absolute Gasteiger partial charge is 0.395 e. The Morgan fingerprint density at radius 3 is 2.63 bits per heavy atom. The summed E-state index contributed by atoms with van der Waals surface area (Å²) in [6.45, 7) is 2.60. The van der Waals surface area contributed by atoms with Crippen molar-refractivity contribution in [2.75, 3.05) is 24.6 Å². The molecule has 1 aromatic carbocycles. The normalized spacial score (nSPS) is 10.2. The lowest BCUT2D eigenvalue weighted by Crippen LogP contribution is -2.28. The Morgan fingerprint density at radius 1 is 1.47 bits per heavy atom. The molecule has 0 bridgehead atoms. The van der Waals surface area contributed by atoms with Crippen LogP contribution >= 0.6 is 0 Å². The van der Waals surface area contributed by atoms with E-state index in [1.165, 1.54) is 18.2 Å². The maximum absolute atomic E-state index is 11.2. The third kappa shape index (κ3) is 3.65. The van der Waals surface area contributed by atoms with Gasteiger partial charge in [0.2, 0.25) is 5.91 Å². The summed E-state index contributed by atoms with van der Waals surface area (Å²) in [4.78, 5) is 23.3. The predicted octanol–water partition coefficient (Wildman–Crippen LogP) is 0.902. The Hall–Kier alpha value is -2.15. The molecule has 0 unspecified atom stereocenters. The molecule has 0 spiro atoms. The van der Waals surface area contributed by atoms with Crippen LogP contribution in [0.5, 0.6) is 0 Å². The maximum atomic E-state index is 11.2. The highest BCUT2D eigenvalue weighted by molar-refractivity contribution is 5.94. The highest BCUT2D eigenvalue weighted by Crippen LogP contribution is 2.29. The van der Waals surface area contributed by atoms with Crippen LogP contribution in [0.25, 0.3) is 0 Å². The Bertz CT molecular complexity index is 470. The van der Waals surface area contributed by atoms with Crippen molar-refractivity contribution in [3.05, 3.63) is 33.9 Å². The van der Waals surface area contributed by atoms with E-state index in [1.807, 2.05) is 6.92 Å². The molecule has 0 aliphatic rings. The second-order valence-corrected chi connectivity index (χ2v) is 4.04. The zero-order valence-electron chi connectivity index (χ0n) is 10.7. The fraction of sp³-hybridized carbons (Fsp3) is 0.417. The predicted molar refractivity (Wildman–Crippen MR) is 71.2 cm³/mol. The second-order valence-electron chi connectivity index (χ2n) is 4.04. The van der Waals surface area contributed by atoms with Crippen LogP contribution < -0.4 is 10.6 Å². The van der Waals surface area contributed by atoms with Crippen LogP contribution in [0, 0.1) is 10.1 Å². The molecule has 0 saturated carbocycles. The van der Waals surface area contributed by atoms with Crippen LogP contribution in [0.3, 0.4) is 0 Å². The molecule has 1 aromatic rings. The van der Waals surface area contributed by atoms with Gasteiger partial charge in [-0.05, 0) is 18.6 Å². The number of aliphatic hydroxyl groups is 1. The fourth-order valence-corrected chi connectivity index (χ4v) is 1.83. The van der Waals surface area contributed by atoms with Crippen LogP contribution in [-0.2, 0) is 0 Å². The number of anilines is 1. The first-order chi connectivity index (χ1) is 9.01. The van der Waals surface area contributed by atoms with Crippen LogP contribution in [0.4, 0.5) is 11.4 Å². The molecule has 1 rings (SSSR count). The average molecular weight is 267 g/mol. The van der Waals surface area contributed by atoms with Crippen LogP contribution in [0.15, 0.2) is 18.2 Å². The van der Waals surface area contributed by atoms with E-state index in [-0.39, 0.29) is 24.4 Å². The van der Waals surface area contributed by atoms with Gasteiger partial charge in [0.05, 0.1) is 11.5 Å². The van der Waals surface area contributed by atoms with Gasteiger partial charge >= 0.3 is 0 Å².